The zero-order chi connectivity index (χ0) is 43.6. The Morgan fingerprint density at radius 1 is 0.738 bits per heavy atom. The number of alkyl carbamates (subject to hydrolysis) is 1. The van der Waals surface area contributed by atoms with Gasteiger partial charge in [-0.15, -0.1) is 0 Å². The van der Waals surface area contributed by atoms with Crippen LogP contribution in [0.15, 0.2) is 133 Å². The first-order chi connectivity index (χ1) is 29.5. The summed E-state index contributed by atoms with van der Waals surface area (Å²) in [6.45, 7) is 6.00. The maximum absolute atomic E-state index is 14.5. The number of esters is 1. The Morgan fingerprint density at radius 3 is 1.79 bits per heavy atom. The molecule has 4 atom stereocenters. The van der Waals surface area contributed by atoms with Gasteiger partial charge in [-0.1, -0.05) is 141 Å². The van der Waals surface area contributed by atoms with Crippen molar-refractivity contribution in [3.8, 4) is 0 Å². The fourth-order valence-electron chi connectivity index (χ4n) is 7.35. The molecule has 320 valence electrons. The predicted octanol–water partition coefficient (Wildman–Crippen LogP) is 5.44. The summed E-state index contributed by atoms with van der Waals surface area (Å²) in [4.78, 5) is 81.1. The molecule has 0 bridgehead atoms. The van der Waals surface area contributed by atoms with E-state index < -0.39 is 65.8 Å². The van der Waals surface area contributed by atoms with E-state index in [1.54, 1.807) is 31.2 Å². The molecule has 4 aromatic rings. The first-order valence-electron chi connectivity index (χ1n) is 20.7. The van der Waals surface area contributed by atoms with Gasteiger partial charge in [-0.3, -0.25) is 19.2 Å². The molecule has 0 unspecified atom stereocenters. The summed E-state index contributed by atoms with van der Waals surface area (Å²) in [6, 6.07) is 34.0. The van der Waals surface area contributed by atoms with E-state index in [1.165, 1.54) is 12.2 Å². The molecule has 0 radical (unpaired) electrons. The number of carbonyl (C=O) groups excluding carboxylic acids is 6. The highest BCUT2D eigenvalue weighted by Crippen LogP contribution is 2.37. The molecule has 5 N–H and O–H groups in total. The summed E-state index contributed by atoms with van der Waals surface area (Å²) in [7, 11) is 0. The Balaban J connectivity index is 1.43. The SMILES string of the molecule is CCOC(=O)/C=C/[C@H](C[C@@H]1CCNC1=O)NC(=O)[C@H](CC(C)C)NC(=O)[C@H](CC(=O)NC(c1ccccc1)(c1ccccc1)c1ccccc1)NC(=O)OCc1ccccc1. The number of rotatable bonds is 20. The maximum Gasteiger partial charge on any atom is 0.408 e. The van der Waals surface area contributed by atoms with Gasteiger partial charge in [-0.05, 0) is 54.4 Å². The molecule has 0 aromatic heterocycles. The number of benzene rings is 4. The molecule has 1 fully saturated rings. The maximum atomic E-state index is 14.5. The van der Waals surface area contributed by atoms with Gasteiger partial charge in [0.1, 0.15) is 24.2 Å². The van der Waals surface area contributed by atoms with Crippen molar-refractivity contribution in [1.29, 1.82) is 0 Å². The molecule has 13 heteroatoms. The minimum absolute atomic E-state index is 0.0843. The van der Waals surface area contributed by atoms with Crippen molar-refractivity contribution in [2.45, 2.75) is 76.7 Å². The van der Waals surface area contributed by atoms with Crippen LogP contribution in [0.1, 0.15) is 68.7 Å². The largest absolute Gasteiger partial charge is 0.463 e. The molecular formula is C48H55N5O8. The summed E-state index contributed by atoms with van der Waals surface area (Å²) >= 11 is 0. The zero-order valence-corrected chi connectivity index (χ0v) is 34.8. The third kappa shape index (κ3) is 13.1. The van der Waals surface area contributed by atoms with E-state index in [-0.39, 0.29) is 37.9 Å². The van der Waals surface area contributed by atoms with Crippen molar-refractivity contribution in [3.63, 3.8) is 0 Å². The van der Waals surface area contributed by atoms with Crippen LogP contribution < -0.4 is 26.6 Å². The molecular weight excluding hydrogens is 775 g/mol. The van der Waals surface area contributed by atoms with Crippen LogP contribution in [0.4, 0.5) is 4.79 Å². The average molecular weight is 830 g/mol. The van der Waals surface area contributed by atoms with Crippen molar-refractivity contribution < 1.29 is 38.2 Å². The molecule has 5 amide bonds. The average Bonchev–Trinajstić information content (AvgIpc) is 3.67. The van der Waals surface area contributed by atoms with Gasteiger partial charge in [0.25, 0.3) is 0 Å². The summed E-state index contributed by atoms with van der Waals surface area (Å²) in [6.07, 6.45) is 2.16. The van der Waals surface area contributed by atoms with Gasteiger partial charge in [0.15, 0.2) is 0 Å². The highest BCUT2D eigenvalue weighted by molar-refractivity contribution is 5.95. The molecule has 5 rings (SSSR count). The first kappa shape index (κ1) is 45.3. The van der Waals surface area contributed by atoms with Crippen LogP contribution in [-0.4, -0.2) is 67.0 Å². The molecule has 0 aliphatic carbocycles. The van der Waals surface area contributed by atoms with Gasteiger partial charge in [-0.25, -0.2) is 9.59 Å². The quantitative estimate of drug-likeness (QED) is 0.0444. The lowest BCUT2D eigenvalue weighted by Gasteiger charge is -2.37. The molecule has 4 aromatic carbocycles. The van der Waals surface area contributed by atoms with Crippen LogP contribution in [0.5, 0.6) is 0 Å². The van der Waals surface area contributed by atoms with Crippen LogP contribution in [0, 0.1) is 11.8 Å². The van der Waals surface area contributed by atoms with Gasteiger partial charge in [0, 0.05) is 24.6 Å². The fourth-order valence-corrected chi connectivity index (χ4v) is 7.35. The van der Waals surface area contributed by atoms with E-state index in [4.69, 9.17) is 9.47 Å². The number of carbonyl (C=O) groups is 6. The van der Waals surface area contributed by atoms with Crippen molar-refractivity contribution >= 4 is 35.7 Å². The van der Waals surface area contributed by atoms with Gasteiger partial charge < -0.3 is 36.1 Å². The molecule has 1 aliphatic rings. The van der Waals surface area contributed by atoms with E-state index in [9.17, 15) is 28.8 Å². The number of amides is 5. The molecule has 1 saturated heterocycles. The summed E-state index contributed by atoms with van der Waals surface area (Å²) in [5.74, 6) is -3.21. The lowest BCUT2D eigenvalue weighted by atomic mass is 9.77. The van der Waals surface area contributed by atoms with E-state index in [0.29, 0.717) is 18.5 Å². The van der Waals surface area contributed by atoms with Crippen molar-refractivity contribution in [2.24, 2.45) is 11.8 Å². The monoisotopic (exact) mass is 829 g/mol. The molecule has 0 spiro atoms. The molecule has 13 nitrogen and oxygen atoms in total. The lowest BCUT2D eigenvalue weighted by Crippen LogP contribution is -2.57. The molecule has 0 saturated carbocycles. The standard InChI is InChI=1S/C48H55N5O8/c1-4-60-43(55)26-25-39(30-35-27-28-49-44(35)56)50-45(57)40(29-33(2)3)51-46(58)41(52-47(59)61-32-34-17-9-5-10-18-34)31-42(54)53-48(36-19-11-6-12-20-36,37-21-13-7-14-22-37)38-23-15-8-16-24-38/h5-26,33,35,39-41H,4,27-32H2,1-3H3,(H,49,56)(H,50,57)(H,51,58)(H,52,59)(H,53,54)/b26-25+/t35-,39+,40-,41-/m0/s1. The summed E-state index contributed by atoms with van der Waals surface area (Å²) in [5, 5.41) is 14.3. The second-order valence-corrected chi connectivity index (χ2v) is 15.3. The number of ether oxygens (including phenoxy) is 2. The Kier molecular flexibility index (Phi) is 16.8. The van der Waals surface area contributed by atoms with Crippen LogP contribution >= 0.6 is 0 Å². The minimum atomic E-state index is -1.49. The van der Waals surface area contributed by atoms with Crippen LogP contribution in [-0.2, 0) is 45.6 Å². The molecule has 61 heavy (non-hydrogen) atoms. The second-order valence-electron chi connectivity index (χ2n) is 15.3. The van der Waals surface area contributed by atoms with Crippen LogP contribution in [0.2, 0.25) is 0 Å². The van der Waals surface area contributed by atoms with Gasteiger partial charge in [0.2, 0.25) is 23.6 Å². The lowest BCUT2D eigenvalue weighted by molar-refractivity contribution is -0.137. The highest BCUT2D eigenvalue weighted by atomic mass is 16.5. The Morgan fingerprint density at radius 2 is 1.28 bits per heavy atom. The van der Waals surface area contributed by atoms with E-state index >= 15 is 0 Å². The van der Waals surface area contributed by atoms with E-state index in [0.717, 1.165) is 16.7 Å². The van der Waals surface area contributed by atoms with Crippen LogP contribution in [0.3, 0.4) is 0 Å². The van der Waals surface area contributed by atoms with Crippen molar-refractivity contribution in [2.75, 3.05) is 13.2 Å². The zero-order valence-electron chi connectivity index (χ0n) is 34.8. The third-order valence-corrected chi connectivity index (χ3v) is 10.3. The molecule has 1 aliphatic heterocycles. The number of nitrogens with one attached hydrogen (secondary N) is 5. The fraction of sp³-hybridized carbons (Fsp3) is 0.333. The van der Waals surface area contributed by atoms with Crippen LogP contribution in [0.25, 0.3) is 0 Å². The Hall–Kier alpha value is -6.76. The number of hydrogen-bond acceptors (Lipinski definition) is 8. The first-order valence-corrected chi connectivity index (χ1v) is 20.7. The predicted molar refractivity (Wildman–Crippen MR) is 230 cm³/mol. The van der Waals surface area contributed by atoms with Gasteiger partial charge in [-0.2, -0.15) is 0 Å². The van der Waals surface area contributed by atoms with E-state index in [2.05, 4.69) is 26.6 Å². The van der Waals surface area contributed by atoms with Gasteiger partial charge >= 0.3 is 12.1 Å². The Bertz CT molecular complexity index is 2000. The third-order valence-electron chi connectivity index (χ3n) is 10.3. The summed E-state index contributed by atoms with van der Waals surface area (Å²) in [5.41, 5.74) is 1.77. The topological polar surface area (TPSA) is 181 Å². The van der Waals surface area contributed by atoms with E-state index in [1.807, 2.05) is 111 Å². The second kappa shape index (κ2) is 22.6. The highest BCUT2D eigenvalue weighted by Gasteiger charge is 2.39. The Labute approximate surface area is 357 Å². The normalized spacial score (nSPS) is 15.2. The number of hydrogen-bond donors (Lipinski definition) is 5. The van der Waals surface area contributed by atoms with Crippen molar-refractivity contribution in [3.05, 3.63) is 156 Å². The minimum Gasteiger partial charge on any atom is -0.463 e. The summed E-state index contributed by atoms with van der Waals surface area (Å²) < 4.78 is 10.5. The van der Waals surface area contributed by atoms with Crippen molar-refractivity contribution in [1.82, 2.24) is 26.6 Å². The molecule has 1 heterocycles. The van der Waals surface area contributed by atoms with Gasteiger partial charge in [0.05, 0.1) is 13.0 Å². The smallest absolute Gasteiger partial charge is 0.408 e.